The molecule has 4 N–H and O–H groups in total. The molecule has 0 aromatic heterocycles. The summed E-state index contributed by atoms with van der Waals surface area (Å²) >= 11 is 0. The van der Waals surface area contributed by atoms with Gasteiger partial charge < -0.3 is 10.2 Å². The second kappa shape index (κ2) is 14.4. The van der Waals surface area contributed by atoms with Crippen molar-refractivity contribution in [1.29, 1.82) is 0 Å². The molecule has 0 radical (unpaired) electrons. The zero-order valence-corrected chi connectivity index (χ0v) is 21.1. The zero-order chi connectivity index (χ0) is 25.7. The molecule has 0 spiro atoms. The Balaban J connectivity index is 0.000000470. The first-order valence-electron chi connectivity index (χ1n) is 10.4. The van der Waals surface area contributed by atoms with Gasteiger partial charge in [-0.05, 0) is 48.9 Å². The summed E-state index contributed by atoms with van der Waals surface area (Å²) in [7, 11) is -8.01. The quantitative estimate of drug-likeness (QED) is 0.395. The van der Waals surface area contributed by atoms with Crippen LogP contribution in [-0.4, -0.2) is 49.4 Å². The summed E-state index contributed by atoms with van der Waals surface area (Å²) in [5.74, 6) is 1.05. The van der Waals surface area contributed by atoms with E-state index in [0.29, 0.717) is 11.8 Å². The molecule has 188 valence electrons. The van der Waals surface area contributed by atoms with Crippen LogP contribution in [0.1, 0.15) is 40.5 Å². The molecule has 0 atom stereocenters. The molecule has 0 heterocycles. The lowest BCUT2D eigenvalue weighted by Crippen LogP contribution is -2.33. The monoisotopic (exact) mass is 504 g/mol. The maximum absolute atomic E-state index is 10.4. The highest BCUT2D eigenvalue weighted by molar-refractivity contribution is 7.86. The molecular weight excluding hydrogens is 468 g/mol. The molecule has 2 aromatic rings. The first-order chi connectivity index (χ1) is 15.2. The zero-order valence-electron chi connectivity index (χ0n) is 19.5. The van der Waals surface area contributed by atoms with E-state index in [-0.39, 0.29) is 28.4 Å². The molecule has 8 nitrogen and oxygen atoms in total. The summed E-state index contributed by atoms with van der Waals surface area (Å²) in [6.07, 6.45) is 1.80. The fraction of sp³-hybridized carbons (Fsp3) is 0.478. The van der Waals surface area contributed by atoms with Gasteiger partial charge in [0.15, 0.2) is 0 Å². The fourth-order valence-electron chi connectivity index (χ4n) is 3.31. The van der Waals surface area contributed by atoms with Gasteiger partial charge in [-0.2, -0.15) is 16.8 Å². The molecule has 0 saturated carbocycles. The smallest absolute Gasteiger partial charge is 0.294 e. The van der Waals surface area contributed by atoms with Gasteiger partial charge in [0.05, 0.1) is 23.0 Å². The molecule has 0 aliphatic carbocycles. The minimum Gasteiger partial charge on any atom is -0.396 e. The van der Waals surface area contributed by atoms with Crippen molar-refractivity contribution in [2.75, 3.05) is 13.2 Å². The van der Waals surface area contributed by atoms with Crippen LogP contribution >= 0.6 is 0 Å². The normalized spacial score (nSPS) is 11.9. The molecule has 2 rings (SSSR count). The molecule has 0 unspecified atom stereocenters. The predicted octanol–water partition coefficient (Wildman–Crippen LogP) is 3.92. The Labute approximate surface area is 197 Å². The van der Waals surface area contributed by atoms with Crippen molar-refractivity contribution in [3.63, 3.8) is 0 Å². The van der Waals surface area contributed by atoms with E-state index in [0.717, 1.165) is 12.8 Å². The van der Waals surface area contributed by atoms with Gasteiger partial charge in [0.25, 0.3) is 20.2 Å². The van der Waals surface area contributed by atoms with Crippen LogP contribution in [0.2, 0.25) is 0 Å². The summed E-state index contributed by atoms with van der Waals surface area (Å²) in [6.45, 7) is 8.70. The lowest BCUT2D eigenvalue weighted by atomic mass is 9.75. The Morgan fingerprint density at radius 3 is 1.06 bits per heavy atom. The Morgan fingerprint density at radius 2 is 0.909 bits per heavy atom. The highest BCUT2D eigenvalue weighted by atomic mass is 32.2. The van der Waals surface area contributed by atoms with Crippen molar-refractivity contribution in [1.82, 2.24) is 0 Å². The van der Waals surface area contributed by atoms with E-state index >= 15 is 0 Å². The summed E-state index contributed by atoms with van der Waals surface area (Å²) in [4.78, 5) is -0.148. The molecule has 0 amide bonds. The van der Waals surface area contributed by atoms with Crippen molar-refractivity contribution in [2.45, 2.75) is 50.3 Å². The van der Waals surface area contributed by atoms with Crippen molar-refractivity contribution >= 4 is 20.2 Å². The lowest BCUT2D eigenvalue weighted by molar-refractivity contribution is 0.0198. The largest absolute Gasteiger partial charge is 0.396 e. The molecule has 0 aliphatic heterocycles. The van der Waals surface area contributed by atoms with E-state index in [1.807, 2.05) is 0 Å². The van der Waals surface area contributed by atoms with Gasteiger partial charge in [0.2, 0.25) is 0 Å². The summed E-state index contributed by atoms with van der Waals surface area (Å²) in [5.41, 5.74) is -0.262. The lowest BCUT2D eigenvalue weighted by Gasteiger charge is -2.33. The van der Waals surface area contributed by atoms with Crippen LogP contribution in [-0.2, 0) is 20.2 Å². The molecule has 33 heavy (non-hydrogen) atoms. The first kappa shape index (κ1) is 31.2. The number of benzene rings is 2. The minimum absolute atomic E-state index is 0.0741. The van der Waals surface area contributed by atoms with E-state index in [1.165, 1.54) is 24.3 Å². The standard InChI is InChI=1S/C11H24O2.2C6H6O3S/c1-9(2)5-11(7-12,8-13)6-10(3)4;2*7-10(8,9)6-4-2-1-3-5-6/h9-10,12-13H,5-8H2,1-4H3;2*1-5H,(H,7,8,9). The number of hydrogen-bond acceptors (Lipinski definition) is 6. The molecule has 0 aliphatic rings. The van der Waals surface area contributed by atoms with Crippen LogP contribution in [0.25, 0.3) is 0 Å². The molecule has 0 bridgehead atoms. The van der Waals surface area contributed by atoms with Crippen molar-refractivity contribution in [2.24, 2.45) is 17.3 Å². The average molecular weight is 505 g/mol. The molecule has 0 fully saturated rings. The number of rotatable bonds is 8. The summed E-state index contributed by atoms with van der Waals surface area (Å²) in [6, 6.07) is 14.8. The third-order valence-corrected chi connectivity index (χ3v) is 6.17. The Morgan fingerprint density at radius 1 is 0.636 bits per heavy atom. The van der Waals surface area contributed by atoms with Crippen molar-refractivity contribution < 1.29 is 36.2 Å². The summed E-state index contributed by atoms with van der Waals surface area (Å²) in [5, 5.41) is 18.6. The summed E-state index contributed by atoms with van der Waals surface area (Å²) < 4.78 is 58.5. The first-order valence-corrected chi connectivity index (χ1v) is 13.3. The molecule has 0 saturated heterocycles. The van der Waals surface area contributed by atoms with Gasteiger partial charge in [-0.1, -0.05) is 64.1 Å². The van der Waals surface area contributed by atoms with Gasteiger partial charge in [-0.3, -0.25) is 9.11 Å². The number of aliphatic hydroxyl groups is 2. The second-order valence-corrected chi connectivity index (χ2v) is 11.4. The van der Waals surface area contributed by atoms with Crippen molar-refractivity contribution in [3.05, 3.63) is 60.7 Å². The van der Waals surface area contributed by atoms with E-state index in [1.54, 1.807) is 36.4 Å². The van der Waals surface area contributed by atoms with E-state index in [9.17, 15) is 27.0 Å². The average Bonchev–Trinajstić information content (AvgIpc) is 2.73. The van der Waals surface area contributed by atoms with Gasteiger partial charge in [0.1, 0.15) is 0 Å². The fourth-order valence-corrected chi connectivity index (χ4v) is 4.31. The van der Waals surface area contributed by atoms with Crippen LogP contribution in [0.15, 0.2) is 70.5 Å². The van der Waals surface area contributed by atoms with Crippen molar-refractivity contribution in [3.8, 4) is 0 Å². The maximum Gasteiger partial charge on any atom is 0.294 e. The highest BCUT2D eigenvalue weighted by Gasteiger charge is 2.30. The van der Waals surface area contributed by atoms with Crippen LogP contribution in [0.5, 0.6) is 0 Å². The van der Waals surface area contributed by atoms with Gasteiger partial charge in [0, 0.05) is 5.41 Å². The van der Waals surface area contributed by atoms with Crippen LogP contribution in [0.3, 0.4) is 0 Å². The van der Waals surface area contributed by atoms with E-state index < -0.39 is 20.2 Å². The van der Waals surface area contributed by atoms with Crippen LogP contribution in [0, 0.1) is 17.3 Å². The molecule has 2 aromatic carbocycles. The van der Waals surface area contributed by atoms with Gasteiger partial charge in [-0.15, -0.1) is 0 Å². The van der Waals surface area contributed by atoms with Gasteiger partial charge in [-0.25, -0.2) is 0 Å². The topological polar surface area (TPSA) is 149 Å². The second-order valence-electron chi connectivity index (χ2n) is 8.59. The number of hydrogen-bond donors (Lipinski definition) is 4. The van der Waals surface area contributed by atoms with Gasteiger partial charge >= 0.3 is 0 Å². The third kappa shape index (κ3) is 13.5. The Hall–Kier alpha value is -1.82. The van der Waals surface area contributed by atoms with E-state index in [2.05, 4.69) is 27.7 Å². The van der Waals surface area contributed by atoms with E-state index in [4.69, 9.17) is 9.11 Å². The maximum atomic E-state index is 10.4. The molecule has 10 heteroatoms. The number of aliphatic hydroxyl groups excluding tert-OH is 2. The minimum atomic E-state index is -4.00. The highest BCUT2D eigenvalue weighted by Crippen LogP contribution is 2.32. The molecular formula is C23H36O8S2. The third-order valence-electron chi connectivity index (χ3n) is 4.44. The Bertz CT molecular complexity index is 904. The SMILES string of the molecule is CC(C)CC(CO)(CO)CC(C)C.O=S(=O)(O)c1ccccc1.O=S(=O)(O)c1ccccc1. The predicted molar refractivity (Wildman–Crippen MR) is 128 cm³/mol. The Kier molecular flexibility index (Phi) is 13.6. The van der Waals surface area contributed by atoms with Crippen LogP contribution in [0.4, 0.5) is 0 Å². The van der Waals surface area contributed by atoms with Crippen LogP contribution < -0.4 is 0 Å².